The van der Waals surface area contributed by atoms with Gasteiger partial charge in [0.25, 0.3) is 10.0 Å². The maximum absolute atomic E-state index is 12.0. The van der Waals surface area contributed by atoms with Gasteiger partial charge in [-0.25, -0.2) is 8.42 Å². The highest BCUT2D eigenvalue weighted by atomic mass is 32.2. The number of hydrogen-bond donors (Lipinski definition) is 1. The standard InChI is InChI=1S/C16H15NO4S/c1-12-7-8-14(16(18)19)11-15(12)17-22(20,21)10-9-13-5-3-2-4-6-13/h2-11,17H,1H3,(H,18,19)/p-1/b10-9+. The summed E-state index contributed by atoms with van der Waals surface area (Å²) >= 11 is 0. The minimum Gasteiger partial charge on any atom is -0.545 e. The Labute approximate surface area is 129 Å². The van der Waals surface area contributed by atoms with Crippen LogP contribution >= 0.6 is 0 Å². The smallest absolute Gasteiger partial charge is 0.255 e. The van der Waals surface area contributed by atoms with Crippen LogP contribution in [0.25, 0.3) is 6.08 Å². The number of carboxylic acids is 1. The van der Waals surface area contributed by atoms with E-state index in [0.29, 0.717) is 5.56 Å². The summed E-state index contributed by atoms with van der Waals surface area (Å²) in [6, 6.07) is 13.1. The van der Waals surface area contributed by atoms with E-state index in [1.807, 2.05) is 6.07 Å². The van der Waals surface area contributed by atoms with Crippen LogP contribution in [0.1, 0.15) is 21.5 Å². The number of carbonyl (C=O) groups is 1. The Bertz CT molecular complexity index is 811. The van der Waals surface area contributed by atoms with E-state index in [-0.39, 0.29) is 11.3 Å². The maximum Gasteiger partial charge on any atom is 0.255 e. The second kappa shape index (κ2) is 6.44. The van der Waals surface area contributed by atoms with Crippen LogP contribution in [0, 0.1) is 6.92 Å². The molecule has 0 fully saturated rings. The van der Waals surface area contributed by atoms with Crippen LogP contribution in [0.4, 0.5) is 5.69 Å². The number of aryl methyl sites for hydroxylation is 1. The monoisotopic (exact) mass is 316 g/mol. The first-order valence-electron chi connectivity index (χ1n) is 6.45. The maximum atomic E-state index is 12.0. The summed E-state index contributed by atoms with van der Waals surface area (Å²) in [4.78, 5) is 10.8. The SMILES string of the molecule is Cc1ccc(C(=O)[O-])cc1NS(=O)(=O)/C=C/c1ccccc1. The largest absolute Gasteiger partial charge is 0.545 e. The third-order valence-electron chi connectivity index (χ3n) is 2.96. The van der Waals surface area contributed by atoms with Gasteiger partial charge in [-0.3, -0.25) is 4.72 Å². The van der Waals surface area contributed by atoms with Gasteiger partial charge in [0.05, 0.1) is 17.1 Å². The number of anilines is 1. The third-order valence-corrected chi connectivity index (χ3v) is 3.96. The van der Waals surface area contributed by atoms with Gasteiger partial charge in [-0.1, -0.05) is 42.5 Å². The Morgan fingerprint density at radius 2 is 1.82 bits per heavy atom. The number of hydrogen-bond acceptors (Lipinski definition) is 4. The van der Waals surface area contributed by atoms with E-state index < -0.39 is 16.0 Å². The van der Waals surface area contributed by atoms with Crippen molar-refractivity contribution in [3.8, 4) is 0 Å². The second-order valence-electron chi connectivity index (χ2n) is 4.68. The highest BCUT2D eigenvalue weighted by molar-refractivity contribution is 7.95. The fourth-order valence-electron chi connectivity index (χ4n) is 1.78. The molecule has 2 aromatic rings. The molecule has 1 N–H and O–H groups in total. The van der Waals surface area contributed by atoms with Crippen LogP contribution in [0.3, 0.4) is 0 Å². The van der Waals surface area contributed by atoms with E-state index in [1.165, 1.54) is 24.3 Å². The topological polar surface area (TPSA) is 86.3 Å². The molecule has 0 aromatic heterocycles. The molecule has 22 heavy (non-hydrogen) atoms. The molecule has 0 saturated heterocycles. The van der Waals surface area contributed by atoms with Crippen molar-refractivity contribution < 1.29 is 18.3 Å². The number of carbonyl (C=O) groups excluding carboxylic acids is 1. The fourth-order valence-corrected chi connectivity index (χ4v) is 2.71. The number of nitrogens with one attached hydrogen (secondary N) is 1. The lowest BCUT2D eigenvalue weighted by molar-refractivity contribution is -0.255. The lowest BCUT2D eigenvalue weighted by Crippen LogP contribution is -2.22. The van der Waals surface area contributed by atoms with Gasteiger partial charge in [0.1, 0.15) is 0 Å². The van der Waals surface area contributed by atoms with Gasteiger partial charge in [0.2, 0.25) is 0 Å². The molecule has 0 aliphatic rings. The summed E-state index contributed by atoms with van der Waals surface area (Å²) in [5, 5.41) is 11.9. The van der Waals surface area contributed by atoms with Crippen LogP contribution in [0.2, 0.25) is 0 Å². The van der Waals surface area contributed by atoms with Crippen molar-refractivity contribution in [2.24, 2.45) is 0 Å². The first-order chi connectivity index (χ1) is 10.4. The third kappa shape index (κ3) is 4.20. The zero-order valence-electron chi connectivity index (χ0n) is 11.8. The zero-order chi connectivity index (χ0) is 16.2. The number of sulfonamides is 1. The minimum atomic E-state index is -3.74. The van der Waals surface area contributed by atoms with Crippen molar-refractivity contribution in [2.75, 3.05) is 4.72 Å². The van der Waals surface area contributed by atoms with Crippen LogP contribution in [-0.2, 0) is 10.0 Å². The quantitative estimate of drug-likeness (QED) is 0.911. The average molecular weight is 316 g/mol. The van der Waals surface area contributed by atoms with Crippen molar-refractivity contribution in [3.63, 3.8) is 0 Å². The van der Waals surface area contributed by atoms with Crippen LogP contribution < -0.4 is 9.83 Å². The Morgan fingerprint density at radius 3 is 2.45 bits per heavy atom. The highest BCUT2D eigenvalue weighted by Crippen LogP contribution is 2.18. The minimum absolute atomic E-state index is 0.0876. The molecule has 0 bridgehead atoms. The Morgan fingerprint density at radius 1 is 1.14 bits per heavy atom. The van der Waals surface area contributed by atoms with Gasteiger partial charge in [0, 0.05) is 0 Å². The first-order valence-corrected chi connectivity index (χ1v) is 8.00. The van der Waals surface area contributed by atoms with Gasteiger partial charge in [-0.05, 0) is 35.8 Å². The summed E-state index contributed by atoms with van der Waals surface area (Å²) in [6.45, 7) is 1.68. The van der Waals surface area contributed by atoms with E-state index in [9.17, 15) is 18.3 Å². The molecule has 0 atom stereocenters. The summed E-state index contributed by atoms with van der Waals surface area (Å²) in [7, 11) is -3.74. The number of benzene rings is 2. The van der Waals surface area contributed by atoms with Crippen LogP contribution in [0.5, 0.6) is 0 Å². The van der Waals surface area contributed by atoms with Gasteiger partial charge in [-0.15, -0.1) is 0 Å². The van der Waals surface area contributed by atoms with Gasteiger partial charge < -0.3 is 9.90 Å². The molecule has 0 radical (unpaired) electrons. The van der Waals surface area contributed by atoms with E-state index in [4.69, 9.17) is 0 Å². The average Bonchev–Trinajstić information content (AvgIpc) is 2.48. The van der Waals surface area contributed by atoms with Crippen molar-refractivity contribution in [1.29, 1.82) is 0 Å². The number of carboxylic acid groups (broad SMARTS) is 1. The molecule has 6 heteroatoms. The van der Waals surface area contributed by atoms with Gasteiger partial charge >= 0.3 is 0 Å². The van der Waals surface area contributed by atoms with Crippen molar-refractivity contribution in [1.82, 2.24) is 0 Å². The number of aromatic carboxylic acids is 1. The highest BCUT2D eigenvalue weighted by Gasteiger charge is 2.09. The summed E-state index contributed by atoms with van der Waals surface area (Å²) in [5.41, 5.74) is 1.48. The Hall–Kier alpha value is -2.60. The zero-order valence-corrected chi connectivity index (χ0v) is 12.6. The molecule has 0 heterocycles. The Kier molecular flexibility index (Phi) is 4.62. The predicted molar refractivity (Wildman–Crippen MR) is 83.5 cm³/mol. The molecule has 114 valence electrons. The molecule has 2 aromatic carbocycles. The molecule has 5 nitrogen and oxygen atoms in total. The fraction of sp³-hybridized carbons (Fsp3) is 0.0625. The van der Waals surface area contributed by atoms with E-state index in [1.54, 1.807) is 31.2 Å². The molecule has 0 amide bonds. The molecule has 0 aliphatic heterocycles. The summed E-state index contributed by atoms with van der Waals surface area (Å²) < 4.78 is 26.4. The van der Waals surface area contributed by atoms with Crippen LogP contribution in [-0.4, -0.2) is 14.4 Å². The molecular formula is C16H14NO4S-. The molecule has 0 aliphatic carbocycles. The van der Waals surface area contributed by atoms with Gasteiger partial charge in [0.15, 0.2) is 0 Å². The first kappa shape index (κ1) is 15.8. The van der Waals surface area contributed by atoms with Gasteiger partial charge in [-0.2, -0.15) is 0 Å². The van der Waals surface area contributed by atoms with E-state index in [0.717, 1.165) is 11.0 Å². The molecule has 0 saturated carbocycles. The second-order valence-corrected chi connectivity index (χ2v) is 6.24. The predicted octanol–water partition coefficient (Wildman–Crippen LogP) is 1.77. The number of rotatable bonds is 5. The molecule has 0 spiro atoms. The van der Waals surface area contributed by atoms with E-state index >= 15 is 0 Å². The molecule has 2 rings (SSSR count). The van der Waals surface area contributed by atoms with Crippen molar-refractivity contribution >= 4 is 27.8 Å². The summed E-state index contributed by atoms with van der Waals surface area (Å²) in [5.74, 6) is -1.36. The molecular weight excluding hydrogens is 302 g/mol. The summed E-state index contributed by atoms with van der Waals surface area (Å²) in [6.07, 6.45) is 1.46. The lowest BCUT2D eigenvalue weighted by atomic mass is 10.1. The van der Waals surface area contributed by atoms with E-state index in [2.05, 4.69) is 4.72 Å². The Balaban J connectivity index is 2.24. The van der Waals surface area contributed by atoms with Crippen molar-refractivity contribution in [2.45, 2.75) is 6.92 Å². The van der Waals surface area contributed by atoms with Crippen LogP contribution in [0.15, 0.2) is 53.9 Å². The normalized spacial score (nSPS) is 11.5. The van der Waals surface area contributed by atoms with Crippen molar-refractivity contribution in [3.05, 3.63) is 70.6 Å². The molecule has 0 unspecified atom stereocenters. The lowest BCUT2D eigenvalue weighted by Gasteiger charge is -2.11.